The molecule has 0 radical (unpaired) electrons. The fourth-order valence-corrected chi connectivity index (χ4v) is 1.70. The number of hydrogen-bond donors (Lipinski definition) is 2. The summed E-state index contributed by atoms with van der Waals surface area (Å²) >= 11 is 0. The summed E-state index contributed by atoms with van der Waals surface area (Å²) in [6, 6.07) is 0. The van der Waals surface area contributed by atoms with Crippen molar-refractivity contribution >= 4 is 5.97 Å². The summed E-state index contributed by atoms with van der Waals surface area (Å²) < 4.78 is 4.92. The molecule has 1 heterocycles. The number of carbonyl (C=O) groups excluding carboxylic acids is 1. The molecule has 0 aromatic carbocycles. The summed E-state index contributed by atoms with van der Waals surface area (Å²) in [5.41, 5.74) is 0. The normalized spacial score (nSPS) is 29.2. The van der Waals surface area contributed by atoms with Crippen LogP contribution in [0.3, 0.4) is 0 Å². The van der Waals surface area contributed by atoms with Gasteiger partial charge >= 0.3 is 5.97 Å². The summed E-state index contributed by atoms with van der Waals surface area (Å²) in [6.45, 7) is 3.72. The molecular formula is C11H20O4. The van der Waals surface area contributed by atoms with E-state index < -0.39 is 12.2 Å². The first kappa shape index (κ1) is 12.5. The molecule has 0 aromatic heterocycles. The number of cyclic esters (lactones) is 1. The van der Waals surface area contributed by atoms with Crippen molar-refractivity contribution in [2.45, 2.75) is 57.8 Å². The van der Waals surface area contributed by atoms with Crippen molar-refractivity contribution in [3.8, 4) is 0 Å². The Bertz CT molecular complexity index is 217. The van der Waals surface area contributed by atoms with Crippen LogP contribution >= 0.6 is 0 Å². The van der Waals surface area contributed by atoms with Gasteiger partial charge in [0.05, 0.1) is 18.1 Å². The van der Waals surface area contributed by atoms with Crippen LogP contribution in [0.15, 0.2) is 0 Å². The Balaban J connectivity index is 2.12. The van der Waals surface area contributed by atoms with Crippen LogP contribution in [0.4, 0.5) is 0 Å². The molecule has 2 N–H and O–H groups in total. The van der Waals surface area contributed by atoms with E-state index in [1.807, 2.05) is 13.8 Å². The van der Waals surface area contributed by atoms with Crippen LogP contribution in [0.1, 0.15) is 39.5 Å². The van der Waals surface area contributed by atoms with Crippen molar-refractivity contribution < 1.29 is 19.7 Å². The predicted octanol–water partition coefficient (Wildman–Crippen LogP) is 0.850. The molecule has 4 atom stereocenters. The van der Waals surface area contributed by atoms with Crippen LogP contribution in [-0.2, 0) is 9.53 Å². The molecule has 1 rings (SSSR count). The molecule has 1 aliphatic heterocycles. The third kappa shape index (κ3) is 3.47. The third-order valence-corrected chi connectivity index (χ3v) is 3.00. The molecule has 0 aliphatic carbocycles. The van der Waals surface area contributed by atoms with Crippen LogP contribution in [0.25, 0.3) is 0 Å². The highest BCUT2D eigenvalue weighted by Gasteiger charge is 2.38. The Morgan fingerprint density at radius 2 is 2.07 bits per heavy atom. The van der Waals surface area contributed by atoms with Gasteiger partial charge in [0, 0.05) is 0 Å². The Morgan fingerprint density at radius 1 is 1.40 bits per heavy atom. The van der Waals surface area contributed by atoms with Crippen LogP contribution in [0, 0.1) is 5.92 Å². The van der Waals surface area contributed by atoms with Gasteiger partial charge in [-0.15, -0.1) is 0 Å². The molecule has 2 unspecified atom stereocenters. The zero-order valence-electron chi connectivity index (χ0n) is 9.35. The third-order valence-electron chi connectivity index (χ3n) is 3.00. The van der Waals surface area contributed by atoms with E-state index in [1.165, 1.54) is 0 Å². The first-order valence-electron chi connectivity index (χ1n) is 5.61. The van der Waals surface area contributed by atoms with Gasteiger partial charge in [-0.05, 0) is 32.6 Å². The van der Waals surface area contributed by atoms with Crippen LogP contribution in [0.5, 0.6) is 0 Å². The van der Waals surface area contributed by atoms with Crippen molar-refractivity contribution in [3.63, 3.8) is 0 Å². The van der Waals surface area contributed by atoms with E-state index in [9.17, 15) is 15.0 Å². The Kier molecular flexibility index (Phi) is 4.54. The van der Waals surface area contributed by atoms with Crippen molar-refractivity contribution in [2.24, 2.45) is 5.92 Å². The number of esters is 1. The van der Waals surface area contributed by atoms with Crippen molar-refractivity contribution in [1.29, 1.82) is 0 Å². The minimum Gasteiger partial charge on any atom is -0.461 e. The SMILES string of the molecule is CCC(O)CC(O)CC[C@@H]1OC(=O)[C@@H]1C. The molecule has 0 amide bonds. The van der Waals surface area contributed by atoms with E-state index >= 15 is 0 Å². The van der Waals surface area contributed by atoms with Gasteiger partial charge in [0.2, 0.25) is 0 Å². The van der Waals surface area contributed by atoms with Crippen molar-refractivity contribution in [2.75, 3.05) is 0 Å². The lowest BCUT2D eigenvalue weighted by atomic mass is 9.93. The average Bonchev–Trinajstić information content (AvgIpc) is 2.23. The number of aliphatic hydroxyl groups excluding tert-OH is 2. The molecule has 0 saturated carbocycles. The molecule has 15 heavy (non-hydrogen) atoms. The second-order valence-corrected chi connectivity index (χ2v) is 4.29. The molecular weight excluding hydrogens is 196 g/mol. The van der Waals surface area contributed by atoms with Gasteiger partial charge in [-0.25, -0.2) is 0 Å². The first-order chi connectivity index (χ1) is 7.04. The van der Waals surface area contributed by atoms with E-state index in [0.717, 1.165) is 0 Å². The van der Waals surface area contributed by atoms with E-state index in [2.05, 4.69) is 0 Å². The molecule has 0 spiro atoms. The fraction of sp³-hybridized carbons (Fsp3) is 0.909. The van der Waals surface area contributed by atoms with Gasteiger partial charge < -0.3 is 14.9 Å². The zero-order chi connectivity index (χ0) is 11.4. The van der Waals surface area contributed by atoms with Gasteiger partial charge in [-0.2, -0.15) is 0 Å². The number of hydrogen-bond acceptors (Lipinski definition) is 4. The van der Waals surface area contributed by atoms with E-state index in [0.29, 0.717) is 25.7 Å². The maximum Gasteiger partial charge on any atom is 0.312 e. The zero-order valence-corrected chi connectivity index (χ0v) is 9.35. The van der Waals surface area contributed by atoms with E-state index in [1.54, 1.807) is 0 Å². The smallest absolute Gasteiger partial charge is 0.312 e. The highest BCUT2D eigenvalue weighted by atomic mass is 16.6. The highest BCUT2D eigenvalue weighted by molar-refractivity contribution is 5.77. The molecule has 1 saturated heterocycles. The summed E-state index contributed by atoms with van der Waals surface area (Å²) in [7, 11) is 0. The summed E-state index contributed by atoms with van der Waals surface area (Å²) in [5, 5.41) is 18.9. The first-order valence-corrected chi connectivity index (χ1v) is 5.61. The maximum absolute atomic E-state index is 10.8. The van der Waals surface area contributed by atoms with Gasteiger partial charge in [0.25, 0.3) is 0 Å². The van der Waals surface area contributed by atoms with Crippen molar-refractivity contribution in [3.05, 3.63) is 0 Å². The van der Waals surface area contributed by atoms with Crippen LogP contribution in [-0.4, -0.2) is 34.5 Å². The highest BCUT2D eigenvalue weighted by Crippen LogP contribution is 2.26. The molecule has 4 heteroatoms. The molecule has 1 aliphatic rings. The summed E-state index contributed by atoms with van der Waals surface area (Å²) in [4.78, 5) is 10.8. The van der Waals surface area contributed by atoms with Crippen molar-refractivity contribution in [1.82, 2.24) is 0 Å². The Labute approximate surface area is 90.2 Å². The standard InChI is InChI=1S/C11H20O4/c1-3-8(12)6-9(13)4-5-10-7(2)11(14)15-10/h7-10,12-13H,3-6H2,1-2H3/t7-,8?,9?,10+/m1/s1. The van der Waals surface area contributed by atoms with Gasteiger partial charge in [-0.3, -0.25) is 4.79 Å². The van der Waals surface area contributed by atoms with Crippen LogP contribution < -0.4 is 0 Å². The molecule has 0 aromatic rings. The number of ether oxygens (including phenoxy) is 1. The number of aliphatic hydroxyl groups is 2. The molecule has 1 fully saturated rings. The minimum atomic E-state index is -0.494. The Hall–Kier alpha value is -0.610. The van der Waals surface area contributed by atoms with Gasteiger partial charge in [0.1, 0.15) is 6.10 Å². The molecule has 88 valence electrons. The maximum atomic E-state index is 10.8. The molecule has 0 bridgehead atoms. The second-order valence-electron chi connectivity index (χ2n) is 4.29. The quantitative estimate of drug-likeness (QED) is 0.646. The average molecular weight is 216 g/mol. The topological polar surface area (TPSA) is 66.8 Å². The van der Waals surface area contributed by atoms with Crippen LogP contribution in [0.2, 0.25) is 0 Å². The number of rotatable bonds is 6. The fourth-order valence-electron chi connectivity index (χ4n) is 1.70. The Morgan fingerprint density at radius 3 is 2.53 bits per heavy atom. The lowest BCUT2D eigenvalue weighted by molar-refractivity contribution is -0.183. The van der Waals surface area contributed by atoms with E-state index in [4.69, 9.17) is 4.74 Å². The lowest BCUT2D eigenvalue weighted by Crippen LogP contribution is -2.43. The molecule has 4 nitrogen and oxygen atoms in total. The summed E-state index contributed by atoms with van der Waals surface area (Å²) in [5.74, 6) is -0.184. The minimum absolute atomic E-state index is 0.0340. The van der Waals surface area contributed by atoms with Gasteiger partial charge in [-0.1, -0.05) is 6.92 Å². The second kappa shape index (κ2) is 5.47. The van der Waals surface area contributed by atoms with Gasteiger partial charge in [0.15, 0.2) is 0 Å². The summed E-state index contributed by atoms with van der Waals surface area (Å²) in [6.07, 6.45) is 1.38. The number of carbonyl (C=O) groups is 1. The monoisotopic (exact) mass is 216 g/mol. The largest absolute Gasteiger partial charge is 0.461 e. The predicted molar refractivity (Wildman–Crippen MR) is 55.2 cm³/mol. The van der Waals surface area contributed by atoms with E-state index in [-0.39, 0.29) is 18.0 Å². The lowest BCUT2D eigenvalue weighted by Gasteiger charge is -2.33.